The van der Waals surface area contributed by atoms with E-state index in [0.29, 0.717) is 12.2 Å². The second-order valence-electron chi connectivity index (χ2n) is 6.08. The van der Waals surface area contributed by atoms with Gasteiger partial charge in [0.25, 0.3) is 0 Å². The molecule has 2 aromatic rings. The van der Waals surface area contributed by atoms with E-state index >= 15 is 0 Å². The van der Waals surface area contributed by atoms with Gasteiger partial charge < -0.3 is 4.74 Å². The first-order chi connectivity index (χ1) is 12.2. The van der Waals surface area contributed by atoms with E-state index in [-0.39, 0.29) is 5.97 Å². The molecular formula is C22H28O2S. The van der Waals surface area contributed by atoms with Crippen LogP contribution in [-0.2, 0) is 4.74 Å². The fraction of sp³-hybridized carbons (Fsp3) is 0.409. The van der Waals surface area contributed by atoms with Crippen molar-refractivity contribution in [2.45, 2.75) is 50.8 Å². The largest absolute Gasteiger partial charge is 0.462 e. The lowest BCUT2D eigenvalue weighted by Gasteiger charge is -2.06. The third-order valence-corrected chi connectivity index (χ3v) is 5.20. The molecule has 0 atom stereocenters. The molecule has 2 rings (SSSR count). The van der Waals surface area contributed by atoms with Crippen molar-refractivity contribution in [2.75, 3.05) is 12.4 Å². The van der Waals surface area contributed by atoms with Crippen molar-refractivity contribution in [3.05, 3.63) is 54.1 Å². The Balaban J connectivity index is 1.86. The summed E-state index contributed by atoms with van der Waals surface area (Å²) in [5.74, 6) is 0.928. The van der Waals surface area contributed by atoms with Gasteiger partial charge in [-0.2, -0.15) is 0 Å². The van der Waals surface area contributed by atoms with Gasteiger partial charge in [-0.3, -0.25) is 0 Å². The van der Waals surface area contributed by atoms with Crippen LogP contribution in [0.25, 0.3) is 11.1 Å². The maximum Gasteiger partial charge on any atom is 0.338 e. The molecule has 0 fully saturated rings. The fourth-order valence-corrected chi connectivity index (χ4v) is 3.57. The number of benzene rings is 2. The number of carbonyl (C=O) groups excluding carboxylic acids is 1. The molecular weight excluding hydrogens is 328 g/mol. The Morgan fingerprint density at radius 3 is 2.04 bits per heavy atom. The lowest BCUT2D eigenvalue weighted by atomic mass is 10.0. The van der Waals surface area contributed by atoms with E-state index in [9.17, 15) is 4.79 Å². The lowest BCUT2D eigenvalue weighted by molar-refractivity contribution is 0.0526. The summed E-state index contributed by atoms with van der Waals surface area (Å²) in [6.07, 6.45) is 6.65. The first-order valence-electron chi connectivity index (χ1n) is 9.25. The first kappa shape index (κ1) is 19.6. The molecule has 0 aliphatic heterocycles. The third kappa shape index (κ3) is 6.58. The molecule has 0 aliphatic carbocycles. The fourth-order valence-electron chi connectivity index (χ4n) is 2.65. The van der Waals surface area contributed by atoms with E-state index in [1.165, 1.54) is 48.3 Å². The van der Waals surface area contributed by atoms with Gasteiger partial charge in [0, 0.05) is 4.90 Å². The summed E-state index contributed by atoms with van der Waals surface area (Å²) >= 11 is 1.93. The number of thioether (sulfide) groups is 1. The van der Waals surface area contributed by atoms with Gasteiger partial charge in [0.1, 0.15) is 0 Å². The number of unbranched alkanes of at least 4 members (excludes halogenated alkanes) is 4. The maximum atomic E-state index is 11.7. The van der Waals surface area contributed by atoms with Crippen LogP contribution in [0.2, 0.25) is 0 Å². The summed E-state index contributed by atoms with van der Waals surface area (Å²) < 4.78 is 5.02. The van der Waals surface area contributed by atoms with Crippen LogP contribution in [-0.4, -0.2) is 18.3 Å². The van der Waals surface area contributed by atoms with Crippen molar-refractivity contribution in [2.24, 2.45) is 0 Å². The van der Waals surface area contributed by atoms with Crippen LogP contribution < -0.4 is 0 Å². The summed E-state index contributed by atoms with van der Waals surface area (Å²) in [5.41, 5.74) is 2.88. The topological polar surface area (TPSA) is 26.3 Å². The van der Waals surface area contributed by atoms with Gasteiger partial charge in [-0.05, 0) is 54.5 Å². The lowest BCUT2D eigenvalue weighted by Crippen LogP contribution is -2.03. The normalized spacial score (nSPS) is 10.6. The number of rotatable bonds is 10. The van der Waals surface area contributed by atoms with Gasteiger partial charge in [0.15, 0.2) is 0 Å². The highest BCUT2D eigenvalue weighted by molar-refractivity contribution is 7.99. The number of ether oxygens (including phenoxy) is 1. The van der Waals surface area contributed by atoms with Gasteiger partial charge in [-0.25, -0.2) is 4.79 Å². The monoisotopic (exact) mass is 356 g/mol. The predicted octanol–water partition coefficient (Wildman–Crippen LogP) is 6.59. The Morgan fingerprint density at radius 1 is 0.840 bits per heavy atom. The minimum Gasteiger partial charge on any atom is -0.462 e. The van der Waals surface area contributed by atoms with Crippen LogP contribution in [0, 0.1) is 0 Å². The van der Waals surface area contributed by atoms with Crippen LogP contribution in [0.5, 0.6) is 0 Å². The summed E-state index contributed by atoms with van der Waals surface area (Å²) in [6, 6.07) is 16.3. The molecule has 0 bridgehead atoms. The van der Waals surface area contributed by atoms with Crippen LogP contribution in [0.3, 0.4) is 0 Å². The highest BCUT2D eigenvalue weighted by atomic mass is 32.2. The van der Waals surface area contributed by atoms with Crippen LogP contribution >= 0.6 is 11.8 Å². The molecule has 0 aromatic heterocycles. The van der Waals surface area contributed by atoms with E-state index in [2.05, 4.69) is 31.2 Å². The van der Waals surface area contributed by atoms with E-state index in [1.807, 2.05) is 43.0 Å². The van der Waals surface area contributed by atoms with Crippen molar-refractivity contribution < 1.29 is 9.53 Å². The molecule has 0 saturated carbocycles. The molecule has 2 aromatic carbocycles. The first-order valence-corrected chi connectivity index (χ1v) is 10.2. The number of esters is 1. The van der Waals surface area contributed by atoms with Crippen LogP contribution in [0.1, 0.15) is 56.3 Å². The Morgan fingerprint density at radius 2 is 1.44 bits per heavy atom. The Bertz CT molecular complexity index is 632. The molecule has 0 amide bonds. The number of hydrogen-bond donors (Lipinski definition) is 0. The van der Waals surface area contributed by atoms with E-state index in [4.69, 9.17) is 4.74 Å². The van der Waals surface area contributed by atoms with Gasteiger partial charge >= 0.3 is 5.97 Å². The smallest absolute Gasteiger partial charge is 0.338 e. The van der Waals surface area contributed by atoms with Gasteiger partial charge in [0.05, 0.1) is 12.2 Å². The van der Waals surface area contributed by atoms with Gasteiger partial charge in [0.2, 0.25) is 0 Å². The zero-order chi connectivity index (χ0) is 17.9. The van der Waals surface area contributed by atoms with Crippen molar-refractivity contribution in [3.8, 4) is 11.1 Å². The average molecular weight is 357 g/mol. The molecule has 25 heavy (non-hydrogen) atoms. The van der Waals surface area contributed by atoms with Crippen molar-refractivity contribution in [1.29, 1.82) is 0 Å². The molecule has 0 N–H and O–H groups in total. The molecule has 0 aliphatic rings. The standard InChI is InChI=1S/C22H28O2S/c1-3-5-6-7-8-17-25-21-15-13-19(14-16-21)18-9-11-20(12-10-18)22(23)24-4-2/h9-16H,3-8,17H2,1-2H3. The quantitative estimate of drug-likeness (QED) is 0.273. The minimum absolute atomic E-state index is 0.264. The summed E-state index contributed by atoms with van der Waals surface area (Å²) in [6.45, 7) is 4.47. The van der Waals surface area contributed by atoms with Crippen LogP contribution in [0.15, 0.2) is 53.4 Å². The molecule has 0 unspecified atom stereocenters. The second kappa shape index (κ2) is 11.0. The van der Waals surface area contributed by atoms with Crippen LogP contribution in [0.4, 0.5) is 0 Å². The Kier molecular flexibility index (Phi) is 8.61. The van der Waals surface area contributed by atoms with Gasteiger partial charge in [-0.15, -0.1) is 11.8 Å². The molecule has 0 radical (unpaired) electrons. The van der Waals surface area contributed by atoms with E-state index in [1.54, 1.807) is 0 Å². The Hall–Kier alpha value is -1.74. The van der Waals surface area contributed by atoms with Gasteiger partial charge in [-0.1, -0.05) is 56.9 Å². The van der Waals surface area contributed by atoms with E-state index in [0.717, 1.165) is 5.56 Å². The van der Waals surface area contributed by atoms with E-state index < -0.39 is 0 Å². The molecule has 2 nitrogen and oxygen atoms in total. The van der Waals surface area contributed by atoms with Crippen molar-refractivity contribution in [1.82, 2.24) is 0 Å². The third-order valence-electron chi connectivity index (χ3n) is 4.10. The maximum absolute atomic E-state index is 11.7. The molecule has 0 spiro atoms. The minimum atomic E-state index is -0.264. The predicted molar refractivity (Wildman–Crippen MR) is 107 cm³/mol. The SMILES string of the molecule is CCCCCCCSc1ccc(-c2ccc(C(=O)OCC)cc2)cc1. The van der Waals surface area contributed by atoms with Crippen molar-refractivity contribution >= 4 is 17.7 Å². The van der Waals surface area contributed by atoms with Crippen molar-refractivity contribution in [3.63, 3.8) is 0 Å². The molecule has 3 heteroatoms. The zero-order valence-electron chi connectivity index (χ0n) is 15.3. The number of hydrogen-bond acceptors (Lipinski definition) is 3. The summed E-state index contributed by atoms with van der Waals surface area (Å²) in [5, 5.41) is 0. The molecule has 0 saturated heterocycles. The summed E-state index contributed by atoms with van der Waals surface area (Å²) in [4.78, 5) is 13.0. The Labute approximate surface area is 156 Å². The molecule has 0 heterocycles. The molecule has 134 valence electrons. The average Bonchev–Trinajstić information content (AvgIpc) is 2.65. The zero-order valence-corrected chi connectivity index (χ0v) is 16.1. The summed E-state index contributed by atoms with van der Waals surface area (Å²) in [7, 11) is 0. The number of carbonyl (C=O) groups is 1. The highest BCUT2D eigenvalue weighted by Crippen LogP contribution is 2.25. The highest BCUT2D eigenvalue weighted by Gasteiger charge is 2.06. The second-order valence-corrected chi connectivity index (χ2v) is 7.25.